The molecule has 94 valence electrons. The summed E-state index contributed by atoms with van der Waals surface area (Å²) < 4.78 is 10.5. The Morgan fingerprint density at radius 2 is 1.82 bits per heavy atom. The molecule has 0 aliphatic rings. The first-order valence-corrected chi connectivity index (χ1v) is 5.97. The Bertz CT molecular complexity index is 397. The molecule has 17 heavy (non-hydrogen) atoms. The Hall–Kier alpha value is -1.51. The Morgan fingerprint density at radius 3 is 2.41 bits per heavy atom. The fourth-order valence-corrected chi connectivity index (χ4v) is 1.72. The molecule has 3 nitrogen and oxygen atoms in total. The van der Waals surface area contributed by atoms with Crippen LogP contribution in [0.4, 0.5) is 0 Å². The van der Waals surface area contributed by atoms with E-state index in [9.17, 15) is 4.79 Å². The van der Waals surface area contributed by atoms with Gasteiger partial charge in [-0.3, -0.25) is 4.79 Å². The first kappa shape index (κ1) is 13.6. The van der Waals surface area contributed by atoms with Crippen LogP contribution >= 0.6 is 0 Å². The van der Waals surface area contributed by atoms with Crippen molar-refractivity contribution in [1.29, 1.82) is 0 Å². The molecule has 0 saturated carbocycles. The average molecular weight is 236 g/mol. The summed E-state index contributed by atoms with van der Waals surface area (Å²) in [6.07, 6.45) is 0.326. The quantitative estimate of drug-likeness (QED) is 0.737. The first-order chi connectivity index (χ1) is 8.08. The zero-order valence-electron chi connectivity index (χ0n) is 11.0. The van der Waals surface area contributed by atoms with Crippen molar-refractivity contribution in [3.63, 3.8) is 0 Å². The number of benzene rings is 1. The van der Waals surface area contributed by atoms with Crippen LogP contribution in [0.1, 0.15) is 30.5 Å². The van der Waals surface area contributed by atoms with Crippen molar-refractivity contribution < 1.29 is 14.3 Å². The van der Waals surface area contributed by atoms with Crippen LogP contribution in [0.2, 0.25) is 0 Å². The van der Waals surface area contributed by atoms with Gasteiger partial charge in [0.1, 0.15) is 5.75 Å². The SMILES string of the molecule is CCOC(=O)Cc1cc(C)c(OCC)cc1C. The largest absolute Gasteiger partial charge is 0.494 e. The number of hydrogen-bond donors (Lipinski definition) is 0. The zero-order chi connectivity index (χ0) is 12.8. The molecule has 1 rings (SSSR count). The summed E-state index contributed by atoms with van der Waals surface area (Å²) in [4.78, 5) is 11.4. The highest BCUT2D eigenvalue weighted by molar-refractivity contribution is 5.73. The Labute approximate surface area is 103 Å². The van der Waals surface area contributed by atoms with Crippen LogP contribution < -0.4 is 4.74 Å². The molecule has 0 radical (unpaired) electrons. The fourth-order valence-electron chi connectivity index (χ4n) is 1.72. The van der Waals surface area contributed by atoms with Crippen molar-refractivity contribution in [2.24, 2.45) is 0 Å². The second-order valence-corrected chi connectivity index (χ2v) is 3.96. The van der Waals surface area contributed by atoms with Gasteiger partial charge in [0, 0.05) is 0 Å². The normalized spacial score (nSPS) is 10.1. The van der Waals surface area contributed by atoms with Crippen LogP contribution in [0.15, 0.2) is 12.1 Å². The minimum absolute atomic E-state index is 0.181. The predicted octanol–water partition coefficient (Wildman–Crippen LogP) is 2.81. The summed E-state index contributed by atoms with van der Waals surface area (Å²) in [6.45, 7) is 8.82. The van der Waals surface area contributed by atoms with E-state index in [2.05, 4.69) is 0 Å². The Balaban J connectivity index is 2.87. The fraction of sp³-hybridized carbons (Fsp3) is 0.500. The molecule has 0 N–H and O–H groups in total. The van der Waals surface area contributed by atoms with Gasteiger partial charge in [-0.15, -0.1) is 0 Å². The van der Waals surface area contributed by atoms with E-state index in [1.165, 1.54) is 0 Å². The lowest BCUT2D eigenvalue weighted by Gasteiger charge is -2.12. The summed E-state index contributed by atoms with van der Waals surface area (Å²) >= 11 is 0. The highest BCUT2D eigenvalue weighted by Gasteiger charge is 2.09. The van der Waals surface area contributed by atoms with Gasteiger partial charge < -0.3 is 9.47 Å². The number of hydrogen-bond acceptors (Lipinski definition) is 3. The second kappa shape index (κ2) is 6.28. The summed E-state index contributed by atoms with van der Waals surface area (Å²) in [5, 5.41) is 0. The van der Waals surface area contributed by atoms with Crippen LogP contribution in [0, 0.1) is 13.8 Å². The van der Waals surface area contributed by atoms with Gasteiger partial charge in [-0.1, -0.05) is 6.07 Å². The van der Waals surface area contributed by atoms with Crippen LogP contribution in [-0.4, -0.2) is 19.2 Å². The number of esters is 1. The van der Waals surface area contributed by atoms with E-state index >= 15 is 0 Å². The number of aryl methyl sites for hydroxylation is 2. The maximum Gasteiger partial charge on any atom is 0.310 e. The molecule has 1 aromatic rings. The highest BCUT2D eigenvalue weighted by Crippen LogP contribution is 2.23. The molecule has 0 bridgehead atoms. The number of rotatable bonds is 5. The van der Waals surface area contributed by atoms with Crippen LogP contribution in [0.25, 0.3) is 0 Å². The number of ether oxygens (including phenoxy) is 2. The second-order valence-electron chi connectivity index (χ2n) is 3.96. The van der Waals surface area contributed by atoms with E-state index in [4.69, 9.17) is 9.47 Å². The number of carbonyl (C=O) groups excluding carboxylic acids is 1. The summed E-state index contributed by atoms with van der Waals surface area (Å²) in [6, 6.07) is 3.98. The Kier molecular flexibility index (Phi) is 5.01. The lowest BCUT2D eigenvalue weighted by atomic mass is 10.0. The van der Waals surface area contributed by atoms with Crippen LogP contribution in [0.3, 0.4) is 0 Å². The molecule has 0 aliphatic carbocycles. The molecule has 0 atom stereocenters. The van der Waals surface area contributed by atoms with Crippen LogP contribution in [0.5, 0.6) is 5.75 Å². The molecule has 1 aromatic carbocycles. The topological polar surface area (TPSA) is 35.5 Å². The molecule has 0 aromatic heterocycles. The molecule has 0 heterocycles. The zero-order valence-corrected chi connectivity index (χ0v) is 11.0. The van der Waals surface area contributed by atoms with Gasteiger partial charge in [-0.25, -0.2) is 0 Å². The monoisotopic (exact) mass is 236 g/mol. The molecule has 0 amide bonds. The molecule has 0 spiro atoms. The molecule has 0 unspecified atom stereocenters. The third-order valence-corrected chi connectivity index (χ3v) is 2.57. The van der Waals surface area contributed by atoms with Gasteiger partial charge in [0.2, 0.25) is 0 Å². The van der Waals surface area contributed by atoms with Crippen molar-refractivity contribution in [2.45, 2.75) is 34.1 Å². The van der Waals surface area contributed by atoms with Crippen molar-refractivity contribution in [3.8, 4) is 5.75 Å². The molecular weight excluding hydrogens is 216 g/mol. The summed E-state index contributed by atoms with van der Waals surface area (Å²) in [7, 11) is 0. The molecule has 3 heteroatoms. The van der Waals surface area contributed by atoms with E-state index in [0.717, 1.165) is 22.4 Å². The minimum atomic E-state index is -0.181. The highest BCUT2D eigenvalue weighted by atomic mass is 16.5. The van der Waals surface area contributed by atoms with Crippen LogP contribution in [-0.2, 0) is 16.0 Å². The van der Waals surface area contributed by atoms with Crippen molar-refractivity contribution >= 4 is 5.97 Å². The number of carbonyl (C=O) groups is 1. The minimum Gasteiger partial charge on any atom is -0.494 e. The standard InChI is InChI=1S/C14H20O3/c1-5-16-13-8-10(3)12(7-11(13)4)9-14(15)17-6-2/h7-8H,5-6,9H2,1-4H3. The Morgan fingerprint density at radius 1 is 1.12 bits per heavy atom. The van der Waals surface area contributed by atoms with Gasteiger partial charge in [-0.2, -0.15) is 0 Å². The van der Waals surface area contributed by atoms with Gasteiger partial charge in [-0.05, 0) is 50.5 Å². The third kappa shape index (κ3) is 3.77. The predicted molar refractivity (Wildman–Crippen MR) is 67.4 cm³/mol. The van der Waals surface area contributed by atoms with Gasteiger partial charge >= 0.3 is 5.97 Å². The molecule has 0 fully saturated rings. The first-order valence-electron chi connectivity index (χ1n) is 5.97. The van der Waals surface area contributed by atoms with Crippen molar-refractivity contribution in [1.82, 2.24) is 0 Å². The lowest BCUT2D eigenvalue weighted by molar-refractivity contribution is -0.142. The third-order valence-electron chi connectivity index (χ3n) is 2.57. The van der Waals surface area contributed by atoms with Crippen molar-refractivity contribution in [3.05, 3.63) is 28.8 Å². The lowest BCUT2D eigenvalue weighted by Crippen LogP contribution is -2.09. The van der Waals surface area contributed by atoms with E-state index in [0.29, 0.717) is 19.6 Å². The van der Waals surface area contributed by atoms with Gasteiger partial charge in [0.15, 0.2) is 0 Å². The molecule has 0 aliphatic heterocycles. The maximum atomic E-state index is 11.4. The molecule has 0 saturated heterocycles. The maximum absolute atomic E-state index is 11.4. The van der Waals surface area contributed by atoms with Gasteiger partial charge in [0.25, 0.3) is 0 Å². The van der Waals surface area contributed by atoms with E-state index in [-0.39, 0.29) is 5.97 Å². The smallest absolute Gasteiger partial charge is 0.310 e. The van der Waals surface area contributed by atoms with E-state index < -0.39 is 0 Å². The summed E-state index contributed by atoms with van der Waals surface area (Å²) in [5.74, 6) is 0.705. The van der Waals surface area contributed by atoms with Gasteiger partial charge in [0.05, 0.1) is 19.6 Å². The molecular formula is C14H20O3. The van der Waals surface area contributed by atoms with E-state index in [1.54, 1.807) is 0 Å². The summed E-state index contributed by atoms with van der Waals surface area (Å²) in [5.41, 5.74) is 3.12. The average Bonchev–Trinajstić information content (AvgIpc) is 2.26. The van der Waals surface area contributed by atoms with E-state index in [1.807, 2.05) is 39.8 Å². The van der Waals surface area contributed by atoms with Crippen molar-refractivity contribution in [2.75, 3.05) is 13.2 Å².